The van der Waals surface area contributed by atoms with Crippen LogP contribution in [-0.4, -0.2) is 86.6 Å². The molecule has 7 heteroatoms. The number of benzene rings is 1. The summed E-state index contributed by atoms with van der Waals surface area (Å²) < 4.78 is 0. The highest BCUT2D eigenvalue weighted by atomic mass is 16.1. The third-order valence-electron chi connectivity index (χ3n) is 5.98. The van der Waals surface area contributed by atoms with Crippen LogP contribution in [0.5, 0.6) is 0 Å². The van der Waals surface area contributed by atoms with Gasteiger partial charge in [-0.1, -0.05) is 36.4 Å². The summed E-state index contributed by atoms with van der Waals surface area (Å²) in [5, 5.41) is 6.61. The molecular formula is C23H32N6O. The molecule has 0 unspecified atom stereocenters. The quantitative estimate of drug-likeness (QED) is 0.749. The summed E-state index contributed by atoms with van der Waals surface area (Å²) in [7, 11) is 2.15. The van der Waals surface area contributed by atoms with Gasteiger partial charge in [-0.05, 0) is 24.7 Å². The van der Waals surface area contributed by atoms with E-state index in [-0.39, 0.29) is 11.9 Å². The van der Waals surface area contributed by atoms with Crippen LogP contribution in [0.4, 0.5) is 5.82 Å². The first-order valence-corrected chi connectivity index (χ1v) is 10.9. The first-order chi connectivity index (χ1) is 14.7. The second kappa shape index (κ2) is 10.0. The van der Waals surface area contributed by atoms with E-state index in [0.29, 0.717) is 12.2 Å². The molecule has 2 fully saturated rings. The number of piperazine rings is 2. The van der Waals surface area contributed by atoms with Crippen molar-refractivity contribution in [2.45, 2.75) is 6.04 Å². The van der Waals surface area contributed by atoms with Crippen LogP contribution in [0.1, 0.15) is 22.1 Å². The van der Waals surface area contributed by atoms with Gasteiger partial charge in [0.1, 0.15) is 11.5 Å². The van der Waals surface area contributed by atoms with Crippen molar-refractivity contribution in [3.8, 4) is 0 Å². The van der Waals surface area contributed by atoms with Gasteiger partial charge in [0.15, 0.2) is 0 Å². The van der Waals surface area contributed by atoms with Crippen LogP contribution in [0.3, 0.4) is 0 Å². The summed E-state index contributed by atoms with van der Waals surface area (Å²) >= 11 is 0. The van der Waals surface area contributed by atoms with Crippen LogP contribution in [0, 0.1) is 0 Å². The maximum atomic E-state index is 12.6. The van der Waals surface area contributed by atoms with Gasteiger partial charge in [0.05, 0.1) is 0 Å². The first kappa shape index (κ1) is 20.8. The second-order valence-corrected chi connectivity index (χ2v) is 8.15. The Hall–Kier alpha value is -2.48. The average molecular weight is 409 g/mol. The van der Waals surface area contributed by atoms with Gasteiger partial charge in [-0.25, -0.2) is 4.98 Å². The Labute approximate surface area is 179 Å². The molecule has 2 aromatic rings. The SMILES string of the molecule is CN1CCN(CCNC(=O)c2cccc(N3CCN[C@@H](c4ccccc4)C3)n2)CC1. The van der Waals surface area contributed by atoms with Gasteiger partial charge in [0, 0.05) is 64.9 Å². The summed E-state index contributed by atoms with van der Waals surface area (Å²) in [5.41, 5.74) is 1.76. The monoisotopic (exact) mass is 408 g/mol. The molecule has 1 aromatic heterocycles. The number of rotatable bonds is 6. The Balaban J connectivity index is 1.32. The Bertz CT molecular complexity index is 821. The maximum absolute atomic E-state index is 12.6. The lowest BCUT2D eigenvalue weighted by atomic mass is 10.0. The van der Waals surface area contributed by atoms with Crippen molar-refractivity contribution in [3.05, 3.63) is 59.8 Å². The number of hydrogen-bond acceptors (Lipinski definition) is 6. The molecule has 0 saturated carbocycles. The molecule has 0 radical (unpaired) electrons. The van der Waals surface area contributed by atoms with Crippen LogP contribution >= 0.6 is 0 Å². The average Bonchev–Trinajstić information content (AvgIpc) is 2.81. The van der Waals surface area contributed by atoms with E-state index in [2.05, 4.69) is 61.6 Å². The van der Waals surface area contributed by atoms with Crippen molar-refractivity contribution in [2.24, 2.45) is 0 Å². The lowest BCUT2D eigenvalue weighted by Gasteiger charge is -2.35. The molecule has 4 rings (SSSR count). The van der Waals surface area contributed by atoms with Crippen LogP contribution in [-0.2, 0) is 0 Å². The van der Waals surface area contributed by atoms with Gasteiger partial charge < -0.3 is 20.4 Å². The first-order valence-electron chi connectivity index (χ1n) is 10.9. The minimum absolute atomic E-state index is 0.0966. The summed E-state index contributed by atoms with van der Waals surface area (Å²) in [4.78, 5) is 24.3. The molecule has 2 N–H and O–H groups in total. The van der Waals surface area contributed by atoms with Crippen LogP contribution in [0.25, 0.3) is 0 Å². The fourth-order valence-electron chi connectivity index (χ4n) is 4.08. The second-order valence-electron chi connectivity index (χ2n) is 8.15. The van der Waals surface area contributed by atoms with Crippen LogP contribution in [0.2, 0.25) is 0 Å². The van der Waals surface area contributed by atoms with Crippen molar-refractivity contribution in [3.63, 3.8) is 0 Å². The number of carbonyl (C=O) groups excluding carboxylic acids is 1. The minimum Gasteiger partial charge on any atom is -0.353 e. The normalized spacial score (nSPS) is 20.8. The molecular weight excluding hydrogens is 376 g/mol. The van der Waals surface area contributed by atoms with Crippen molar-refractivity contribution in [2.75, 3.05) is 70.9 Å². The van der Waals surface area contributed by atoms with Crippen molar-refractivity contribution in [1.29, 1.82) is 0 Å². The number of pyridine rings is 1. The molecule has 0 aliphatic carbocycles. The summed E-state index contributed by atoms with van der Waals surface area (Å²) in [5.74, 6) is 0.768. The maximum Gasteiger partial charge on any atom is 0.270 e. The number of hydrogen-bond donors (Lipinski definition) is 2. The van der Waals surface area contributed by atoms with Crippen molar-refractivity contribution >= 4 is 11.7 Å². The molecule has 1 aromatic carbocycles. The highest BCUT2D eigenvalue weighted by Gasteiger charge is 2.22. The van der Waals surface area contributed by atoms with E-state index in [0.717, 1.165) is 58.2 Å². The number of nitrogens with one attached hydrogen (secondary N) is 2. The molecule has 2 aliphatic heterocycles. The molecule has 0 spiro atoms. The molecule has 0 bridgehead atoms. The van der Waals surface area contributed by atoms with Gasteiger partial charge in [-0.3, -0.25) is 9.69 Å². The summed E-state index contributed by atoms with van der Waals surface area (Å²) in [6.07, 6.45) is 0. The van der Waals surface area contributed by atoms with Crippen molar-refractivity contribution in [1.82, 2.24) is 25.4 Å². The van der Waals surface area contributed by atoms with Gasteiger partial charge in [-0.15, -0.1) is 0 Å². The van der Waals surface area contributed by atoms with E-state index in [4.69, 9.17) is 0 Å². The van der Waals surface area contributed by atoms with Crippen LogP contribution in [0.15, 0.2) is 48.5 Å². The molecule has 1 amide bonds. The standard InChI is InChI=1S/C23H32N6O/c1-27-14-16-28(17-15-27)12-10-25-23(30)20-8-5-9-22(26-20)29-13-11-24-21(18-29)19-6-3-2-4-7-19/h2-9,21,24H,10-18H2,1H3,(H,25,30)/t21-/m1/s1. The summed E-state index contributed by atoms with van der Waals surface area (Å²) in [6.45, 7) is 8.45. The highest BCUT2D eigenvalue weighted by molar-refractivity contribution is 5.92. The van der Waals surface area contributed by atoms with E-state index in [1.165, 1.54) is 5.56 Å². The number of aromatic nitrogens is 1. The lowest BCUT2D eigenvalue weighted by Crippen LogP contribution is -2.47. The predicted molar refractivity (Wildman–Crippen MR) is 120 cm³/mol. The third-order valence-corrected chi connectivity index (χ3v) is 5.98. The Kier molecular flexibility index (Phi) is 6.94. The van der Waals surface area contributed by atoms with Crippen molar-refractivity contribution < 1.29 is 4.79 Å². The zero-order valence-electron chi connectivity index (χ0n) is 17.8. The van der Waals surface area contributed by atoms with Gasteiger partial charge in [0.25, 0.3) is 5.91 Å². The lowest BCUT2D eigenvalue weighted by molar-refractivity contribution is 0.0936. The minimum atomic E-state index is -0.0966. The number of nitrogens with zero attached hydrogens (tertiary/aromatic N) is 4. The van der Waals surface area contributed by atoms with Gasteiger partial charge in [0.2, 0.25) is 0 Å². The Morgan fingerprint density at radius 2 is 1.87 bits per heavy atom. The highest BCUT2D eigenvalue weighted by Crippen LogP contribution is 2.21. The molecule has 3 heterocycles. The smallest absolute Gasteiger partial charge is 0.270 e. The van der Waals surface area contributed by atoms with Gasteiger partial charge in [-0.2, -0.15) is 0 Å². The largest absolute Gasteiger partial charge is 0.353 e. The Morgan fingerprint density at radius 1 is 1.07 bits per heavy atom. The molecule has 2 saturated heterocycles. The summed E-state index contributed by atoms with van der Waals surface area (Å²) in [6, 6.07) is 16.5. The van der Waals surface area contributed by atoms with E-state index in [1.807, 2.05) is 18.2 Å². The fourth-order valence-corrected chi connectivity index (χ4v) is 4.08. The fraction of sp³-hybridized carbons (Fsp3) is 0.478. The zero-order chi connectivity index (χ0) is 20.8. The van der Waals surface area contributed by atoms with Gasteiger partial charge >= 0.3 is 0 Å². The molecule has 2 aliphatic rings. The zero-order valence-corrected chi connectivity index (χ0v) is 17.8. The number of carbonyl (C=O) groups is 1. The van der Waals surface area contributed by atoms with E-state index >= 15 is 0 Å². The number of likely N-dealkylation sites (N-methyl/N-ethyl adjacent to an activating group) is 1. The van der Waals surface area contributed by atoms with E-state index in [9.17, 15) is 4.79 Å². The number of anilines is 1. The molecule has 7 nitrogen and oxygen atoms in total. The number of amides is 1. The Morgan fingerprint density at radius 3 is 2.67 bits per heavy atom. The molecule has 160 valence electrons. The van der Waals surface area contributed by atoms with E-state index < -0.39 is 0 Å². The molecule has 30 heavy (non-hydrogen) atoms. The predicted octanol–water partition coefficient (Wildman–Crippen LogP) is 1.21. The molecule has 1 atom stereocenters. The van der Waals surface area contributed by atoms with E-state index in [1.54, 1.807) is 6.07 Å². The van der Waals surface area contributed by atoms with Crippen LogP contribution < -0.4 is 15.5 Å². The topological polar surface area (TPSA) is 63.7 Å². The third kappa shape index (κ3) is 5.36.